The fourth-order valence-electron chi connectivity index (χ4n) is 3.03. The molecule has 0 amide bonds. The highest BCUT2D eigenvalue weighted by molar-refractivity contribution is 7.87. The molecule has 1 aromatic rings. The molecule has 1 aromatic carbocycles. The van der Waals surface area contributed by atoms with Crippen molar-refractivity contribution in [2.75, 3.05) is 44.7 Å². The van der Waals surface area contributed by atoms with Crippen molar-refractivity contribution in [1.82, 2.24) is 9.03 Å². The Balaban J connectivity index is 1.78. The molecular weight excluding hydrogens is 354 g/mol. The number of carbonyl (C=O) groups excluding carboxylic acids is 1. The number of hydrogen-bond acceptors (Lipinski definition) is 5. The predicted molar refractivity (Wildman–Crippen MR) is 102 cm³/mol. The van der Waals surface area contributed by atoms with Gasteiger partial charge in [-0.05, 0) is 38.3 Å². The molecule has 2 rings (SSSR count). The lowest BCUT2D eigenvalue weighted by molar-refractivity contribution is -0.149. The number of anilines is 1. The van der Waals surface area contributed by atoms with E-state index in [2.05, 4.69) is 9.62 Å². The standard InChI is InChI=1S/C18H29N3O4S/c1-3-25-18(22)16-9-7-14-21(15-16)26(23,24)19-12-8-13-20(2)17-10-5-4-6-11-17/h4-6,10-11,16,19H,3,7-9,12-15H2,1-2H3/t16-/m0/s1. The third kappa shape index (κ3) is 5.96. The van der Waals surface area contributed by atoms with Crippen molar-refractivity contribution in [3.8, 4) is 0 Å². The number of ether oxygens (including phenoxy) is 1. The van der Waals surface area contributed by atoms with Crippen LogP contribution in [0.4, 0.5) is 5.69 Å². The van der Waals surface area contributed by atoms with E-state index >= 15 is 0 Å². The van der Waals surface area contributed by atoms with E-state index in [1.807, 2.05) is 37.4 Å². The van der Waals surface area contributed by atoms with Crippen molar-refractivity contribution in [2.24, 2.45) is 5.92 Å². The van der Waals surface area contributed by atoms with Gasteiger partial charge in [0.05, 0.1) is 12.5 Å². The number of hydrogen-bond donors (Lipinski definition) is 1. The van der Waals surface area contributed by atoms with Crippen LogP contribution in [-0.4, -0.2) is 58.5 Å². The zero-order chi connectivity index (χ0) is 19.0. The van der Waals surface area contributed by atoms with Gasteiger partial charge in [0, 0.05) is 38.9 Å². The normalized spacial score (nSPS) is 18.5. The number of para-hydroxylation sites is 1. The Bertz CT molecular complexity index is 666. The lowest BCUT2D eigenvalue weighted by Crippen LogP contribution is -2.48. The van der Waals surface area contributed by atoms with Gasteiger partial charge in [-0.1, -0.05) is 18.2 Å². The first-order valence-corrected chi connectivity index (χ1v) is 10.6. The molecule has 0 radical (unpaired) electrons. The molecule has 1 N–H and O–H groups in total. The minimum atomic E-state index is -3.57. The van der Waals surface area contributed by atoms with Crippen molar-refractivity contribution in [2.45, 2.75) is 26.2 Å². The SMILES string of the molecule is CCOC(=O)[C@H]1CCCN(S(=O)(=O)NCCCN(C)c2ccccc2)C1. The third-order valence-corrected chi connectivity index (χ3v) is 6.08. The van der Waals surface area contributed by atoms with Crippen molar-refractivity contribution < 1.29 is 17.9 Å². The van der Waals surface area contributed by atoms with Crippen molar-refractivity contribution in [3.05, 3.63) is 30.3 Å². The molecule has 0 bridgehead atoms. The Morgan fingerprint density at radius 2 is 2.08 bits per heavy atom. The maximum atomic E-state index is 12.5. The summed E-state index contributed by atoms with van der Waals surface area (Å²) >= 11 is 0. The van der Waals surface area contributed by atoms with Crippen LogP contribution in [0.1, 0.15) is 26.2 Å². The van der Waals surface area contributed by atoms with Crippen LogP contribution in [0.5, 0.6) is 0 Å². The maximum Gasteiger partial charge on any atom is 0.310 e. The molecule has 1 saturated heterocycles. The third-order valence-electron chi connectivity index (χ3n) is 4.50. The zero-order valence-corrected chi connectivity index (χ0v) is 16.4. The number of carbonyl (C=O) groups is 1. The van der Waals surface area contributed by atoms with Gasteiger partial charge in [-0.2, -0.15) is 12.7 Å². The molecule has 8 heteroatoms. The molecule has 0 aliphatic carbocycles. The van der Waals surface area contributed by atoms with Crippen molar-refractivity contribution in [1.29, 1.82) is 0 Å². The highest BCUT2D eigenvalue weighted by Crippen LogP contribution is 2.20. The first kappa shape index (κ1) is 20.7. The van der Waals surface area contributed by atoms with E-state index in [0.29, 0.717) is 39.0 Å². The minimum Gasteiger partial charge on any atom is -0.466 e. The number of nitrogens with one attached hydrogen (secondary N) is 1. The lowest BCUT2D eigenvalue weighted by Gasteiger charge is -2.30. The fourth-order valence-corrected chi connectivity index (χ4v) is 4.36. The van der Waals surface area contributed by atoms with Gasteiger partial charge in [-0.3, -0.25) is 4.79 Å². The highest BCUT2D eigenvalue weighted by Gasteiger charge is 2.32. The summed E-state index contributed by atoms with van der Waals surface area (Å²) in [7, 11) is -1.59. The second-order valence-electron chi connectivity index (χ2n) is 6.46. The van der Waals surface area contributed by atoms with E-state index < -0.39 is 10.2 Å². The molecule has 0 unspecified atom stereocenters. The van der Waals surface area contributed by atoms with E-state index in [9.17, 15) is 13.2 Å². The number of rotatable bonds is 9. The average Bonchev–Trinajstić information content (AvgIpc) is 2.66. The summed E-state index contributed by atoms with van der Waals surface area (Å²) in [6.07, 6.45) is 2.04. The van der Waals surface area contributed by atoms with Crippen LogP contribution < -0.4 is 9.62 Å². The minimum absolute atomic E-state index is 0.193. The van der Waals surface area contributed by atoms with Crippen LogP contribution in [0.15, 0.2) is 30.3 Å². The lowest BCUT2D eigenvalue weighted by atomic mass is 10.0. The van der Waals surface area contributed by atoms with Crippen LogP contribution in [0.25, 0.3) is 0 Å². The Morgan fingerprint density at radius 3 is 2.77 bits per heavy atom. The van der Waals surface area contributed by atoms with Gasteiger partial charge in [0.25, 0.3) is 10.2 Å². The first-order valence-electron chi connectivity index (χ1n) is 9.11. The smallest absolute Gasteiger partial charge is 0.310 e. The molecule has 1 fully saturated rings. The molecule has 0 spiro atoms. The first-order chi connectivity index (χ1) is 12.4. The van der Waals surface area contributed by atoms with Gasteiger partial charge in [-0.15, -0.1) is 0 Å². The van der Waals surface area contributed by atoms with E-state index in [-0.39, 0.29) is 18.4 Å². The molecular formula is C18H29N3O4S. The Kier molecular flexibility index (Phi) is 7.86. The topological polar surface area (TPSA) is 78.9 Å². The summed E-state index contributed by atoms with van der Waals surface area (Å²) in [5, 5.41) is 0. The fraction of sp³-hybridized carbons (Fsp3) is 0.611. The van der Waals surface area contributed by atoms with Gasteiger partial charge >= 0.3 is 5.97 Å². The van der Waals surface area contributed by atoms with Gasteiger partial charge in [0.2, 0.25) is 0 Å². The van der Waals surface area contributed by atoms with E-state index in [0.717, 1.165) is 12.2 Å². The quantitative estimate of drug-likeness (QED) is 0.518. The monoisotopic (exact) mass is 383 g/mol. The Labute approximate surface area is 156 Å². The molecule has 1 aliphatic rings. The van der Waals surface area contributed by atoms with Crippen molar-refractivity contribution >= 4 is 21.9 Å². The van der Waals surface area contributed by atoms with Crippen LogP contribution in [0, 0.1) is 5.92 Å². The molecule has 1 atom stereocenters. The molecule has 0 aromatic heterocycles. The van der Waals surface area contributed by atoms with E-state index in [4.69, 9.17) is 4.74 Å². The average molecular weight is 384 g/mol. The van der Waals surface area contributed by atoms with Gasteiger partial charge in [0.15, 0.2) is 0 Å². The Hall–Kier alpha value is -1.64. The van der Waals surface area contributed by atoms with Crippen LogP contribution in [-0.2, 0) is 19.7 Å². The van der Waals surface area contributed by atoms with Crippen LogP contribution >= 0.6 is 0 Å². The predicted octanol–water partition coefficient (Wildman–Crippen LogP) is 1.62. The Morgan fingerprint density at radius 1 is 1.35 bits per heavy atom. The van der Waals surface area contributed by atoms with Gasteiger partial charge in [0.1, 0.15) is 0 Å². The molecule has 7 nitrogen and oxygen atoms in total. The van der Waals surface area contributed by atoms with Gasteiger partial charge < -0.3 is 9.64 Å². The molecule has 26 heavy (non-hydrogen) atoms. The summed E-state index contributed by atoms with van der Waals surface area (Å²) in [6.45, 7) is 3.81. The number of nitrogens with zero attached hydrogens (tertiary/aromatic N) is 2. The summed E-state index contributed by atoms with van der Waals surface area (Å²) in [6, 6.07) is 9.96. The second kappa shape index (κ2) is 9.89. The highest BCUT2D eigenvalue weighted by atomic mass is 32.2. The summed E-state index contributed by atoms with van der Waals surface area (Å²) < 4.78 is 34.0. The number of benzene rings is 1. The summed E-state index contributed by atoms with van der Waals surface area (Å²) in [5.74, 6) is -0.679. The molecule has 1 heterocycles. The number of esters is 1. The maximum absolute atomic E-state index is 12.5. The number of piperidine rings is 1. The molecule has 146 valence electrons. The van der Waals surface area contributed by atoms with E-state index in [1.165, 1.54) is 4.31 Å². The van der Waals surface area contributed by atoms with Crippen LogP contribution in [0.2, 0.25) is 0 Å². The van der Waals surface area contributed by atoms with Gasteiger partial charge in [-0.25, -0.2) is 4.72 Å². The summed E-state index contributed by atoms with van der Waals surface area (Å²) in [4.78, 5) is 14.0. The second-order valence-corrected chi connectivity index (χ2v) is 8.21. The summed E-state index contributed by atoms with van der Waals surface area (Å²) in [5.41, 5.74) is 1.10. The molecule has 1 aliphatic heterocycles. The van der Waals surface area contributed by atoms with E-state index in [1.54, 1.807) is 6.92 Å². The van der Waals surface area contributed by atoms with Crippen LogP contribution in [0.3, 0.4) is 0 Å². The zero-order valence-electron chi connectivity index (χ0n) is 15.6. The molecule has 0 saturated carbocycles. The van der Waals surface area contributed by atoms with Crippen molar-refractivity contribution in [3.63, 3.8) is 0 Å². The largest absolute Gasteiger partial charge is 0.466 e.